The number of hydrogen-bond donors (Lipinski definition) is 1. The van der Waals surface area contributed by atoms with E-state index in [1.165, 1.54) is 11.5 Å². The van der Waals surface area contributed by atoms with E-state index < -0.39 is 0 Å². The van der Waals surface area contributed by atoms with Crippen molar-refractivity contribution < 1.29 is 0 Å². The van der Waals surface area contributed by atoms with Crippen molar-refractivity contribution in [1.29, 1.82) is 0 Å². The molecule has 0 amide bonds. The van der Waals surface area contributed by atoms with Gasteiger partial charge in [0, 0.05) is 37.9 Å². The molecule has 1 N–H and O–H groups in total. The Bertz CT molecular complexity index is 469. The van der Waals surface area contributed by atoms with E-state index in [2.05, 4.69) is 64.3 Å². The Balaban J connectivity index is 1.84. The fourth-order valence-corrected chi connectivity index (χ4v) is 3.08. The summed E-state index contributed by atoms with van der Waals surface area (Å²) in [6.45, 7) is 9.69. The second-order valence-electron chi connectivity index (χ2n) is 5.83. The van der Waals surface area contributed by atoms with E-state index in [4.69, 9.17) is 0 Å². The second kappa shape index (κ2) is 5.83. The van der Waals surface area contributed by atoms with Crippen LogP contribution in [-0.4, -0.2) is 55.5 Å². The highest BCUT2D eigenvalue weighted by Crippen LogP contribution is 2.22. The molecule has 2 aliphatic heterocycles. The lowest BCUT2D eigenvalue weighted by Crippen LogP contribution is -2.59. The zero-order valence-electron chi connectivity index (χ0n) is 12.4. The first-order chi connectivity index (χ1) is 9.75. The molecule has 3 rings (SSSR count). The summed E-state index contributed by atoms with van der Waals surface area (Å²) in [5.74, 6) is 1.17. The average molecular weight is 272 g/mol. The van der Waals surface area contributed by atoms with Gasteiger partial charge in [-0.1, -0.05) is 18.2 Å². The van der Waals surface area contributed by atoms with Crippen LogP contribution >= 0.6 is 0 Å². The predicted octanol–water partition coefficient (Wildman–Crippen LogP) is 1.59. The number of nitrogens with one attached hydrogen (secondary N) is 1. The summed E-state index contributed by atoms with van der Waals surface area (Å²) in [6, 6.07) is 11.7. The van der Waals surface area contributed by atoms with Crippen LogP contribution in [0, 0.1) is 0 Å². The Morgan fingerprint density at radius 3 is 2.65 bits per heavy atom. The highest BCUT2D eigenvalue weighted by Gasteiger charge is 2.32. The van der Waals surface area contributed by atoms with Crippen LogP contribution in [0.4, 0.5) is 5.69 Å². The molecule has 0 bridgehead atoms. The van der Waals surface area contributed by atoms with Crippen molar-refractivity contribution in [2.45, 2.75) is 25.9 Å². The molecule has 0 saturated carbocycles. The van der Waals surface area contributed by atoms with E-state index in [1.54, 1.807) is 0 Å². The number of amidine groups is 1. The highest BCUT2D eigenvalue weighted by molar-refractivity contribution is 5.92. The summed E-state index contributed by atoms with van der Waals surface area (Å²) in [7, 11) is 0. The molecule has 0 aliphatic carbocycles. The Morgan fingerprint density at radius 1 is 1.20 bits per heavy atom. The molecule has 1 saturated heterocycles. The van der Waals surface area contributed by atoms with Crippen LogP contribution in [-0.2, 0) is 0 Å². The molecule has 0 radical (unpaired) electrons. The number of piperazine rings is 1. The maximum absolute atomic E-state index is 4.67. The third kappa shape index (κ3) is 2.66. The molecular weight excluding hydrogens is 248 g/mol. The van der Waals surface area contributed by atoms with Crippen molar-refractivity contribution in [3.63, 3.8) is 0 Å². The molecule has 0 spiro atoms. The van der Waals surface area contributed by atoms with Crippen LogP contribution in [0.5, 0.6) is 0 Å². The Kier molecular flexibility index (Phi) is 3.92. The van der Waals surface area contributed by atoms with Gasteiger partial charge in [-0.25, -0.2) is 0 Å². The first-order valence-corrected chi connectivity index (χ1v) is 7.59. The minimum absolute atomic E-state index is 0.357. The summed E-state index contributed by atoms with van der Waals surface area (Å²) in [5.41, 5.74) is 1.30. The van der Waals surface area contributed by atoms with Gasteiger partial charge in [-0.05, 0) is 26.0 Å². The van der Waals surface area contributed by atoms with E-state index >= 15 is 0 Å². The zero-order chi connectivity index (χ0) is 13.9. The van der Waals surface area contributed by atoms with E-state index in [0.717, 1.165) is 32.7 Å². The number of anilines is 1. The largest absolute Gasteiger partial charge is 0.370 e. The maximum Gasteiger partial charge on any atom is 0.121 e. The van der Waals surface area contributed by atoms with Crippen molar-refractivity contribution >= 4 is 11.5 Å². The summed E-state index contributed by atoms with van der Waals surface area (Å²) >= 11 is 0. The number of hydrogen-bond acceptors (Lipinski definition) is 4. The van der Waals surface area contributed by atoms with Gasteiger partial charge in [-0.15, -0.1) is 0 Å². The molecular formula is C16H24N4. The van der Waals surface area contributed by atoms with Gasteiger partial charge in [0.25, 0.3) is 0 Å². The first kappa shape index (κ1) is 13.4. The normalized spacial score (nSPS) is 23.9. The first-order valence-electron chi connectivity index (χ1n) is 7.59. The molecule has 2 heterocycles. The third-order valence-corrected chi connectivity index (χ3v) is 4.25. The van der Waals surface area contributed by atoms with Gasteiger partial charge < -0.3 is 10.2 Å². The molecule has 2 aliphatic rings. The van der Waals surface area contributed by atoms with Gasteiger partial charge in [0.1, 0.15) is 5.84 Å². The van der Waals surface area contributed by atoms with E-state index in [1.807, 2.05) is 0 Å². The fourth-order valence-electron chi connectivity index (χ4n) is 3.08. The lowest BCUT2D eigenvalue weighted by Gasteiger charge is -2.44. The predicted molar refractivity (Wildman–Crippen MR) is 84.6 cm³/mol. The van der Waals surface area contributed by atoms with Crippen LogP contribution in [0.2, 0.25) is 0 Å². The minimum atomic E-state index is 0.357. The second-order valence-corrected chi connectivity index (χ2v) is 5.83. The van der Waals surface area contributed by atoms with Gasteiger partial charge in [-0.3, -0.25) is 9.89 Å². The topological polar surface area (TPSA) is 30.9 Å². The summed E-state index contributed by atoms with van der Waals surface area (Å²) in [4.78, 5) is 9.71. The number of rotatable bonds is 3. The maximum atomic E-state index is 4.67. The van der Waals surface area contributed by atoms with Crippen molar-refractivity contribution in [2.24, 2.45) is 4.99 Å². The standard InChI is InChI=1S/C16H24N4/c1-13(2)19-10-11-20(14-6-4-3-5-7-14)15(12-19)16-17-8-9-18-16/h3-7,13,15H,8-12H2,1-2H3,(H,17,18). The number of aliphatic imine (C=N–C) groups is 1. The van der Waals surface area contributed by atoms with Gasteiger partial charge >= 0.3 is 0 Å². The van der Waals surface area contributed by atoms with Crippen LogP contribution in [0.3, 0.4) is 0 Å². The SMILES string of the molecule is CC(C)N1CCN(c2ccccc2)C(C2=NCCN2)C1. The van der Waals surface area contributed by atoms with E-state index in [0.29, 0.717) is 12.1 Å². The third-order valence-electron chi connectivity index (χ3n) is 4.25. The highest BCUT2D eigenvalue weighted by atomic mass is 15.3. The lowest BCUT2D eigenvalue weighted by molar-refractivity contribution is 0.196. The molecule has 1 unspecified atom stereocenters. The number of para-hydroxylation sites is 1. The van der Waals surface area contributed by atoms with Gasteiger partial charge in [0.05, 0.1) is 12.6 Å². The smallest absolute Gasteiger partial charge is 0.121 e. The number of nitrogens with zero attached hydrogens (tertiary/aromatic N) is 3. The Labute approximate surface area is 121 Å². The zero-order valence-corrected chi connectivity index (χ0v) is 12.4. The van der Waals surface area contributed by atoms with Crippen molar-refractivity contribution in [3.8, 4) is 0 Å². The molecule has 1 atom stereocenters. The molecule has 0 aromatic heterocycles. The van der Waals surface area contributed by atoms with Crippen molar-refractivity contribution in [3.05, 3.63) is 30.3 Å². The molecule has 1 fully saturated rings. The van der Waals surface area contributed by atoms with Crippen LogP contribution in [0.25, 0.3) is 0 Å². The van der Waals surface area contributed by atoms with Gasteiger partial charge in [-0.2, -0.15) is 0 Å². The lowest BCUT2D eigenvalue weighted by atomic mass is 10.1. The summed E-state index contributed by atoms with van der Waals surface area (Å²) in [6.07, 6.45) is 0. The average Bonchev–Trinajstić information content (AvgIpc) is 3.01. The van der Waals surface area contributed by atoms with Crippen molar-refractivity contribution in [1.82, 2.24) is 10.2 Å². The summed E-state index contributed by atoms with van der Waals surface area (Å²) in [5, 5.41) is 3.47. The monoisotopic (exact) mass is 272 g/mol. The van der Waals surface area contributed by atoms with Crippen LogP contribution in [0.1, 0.15) is 13.8 Å². The molecule has 4 heteroatoms. The van der Waals surface area contributed by atoms with E-state index in [-0.39, 0.29) is 0 Å². The summed E-state index contributed by atoms with van der Waals surface area (Å²) < 4.78 is 0. The Hall–Kier alpha value is -1.55. The molecule has 108 valence electrons. The van der Waals surface area contributed by atoms with E-state index in [9.17, 15) is 0 Å². The Morgan fingerprint density at radius 2 is 2.00 bits per heavy atom. The molecule has 20 heavy (non-hydrogen) atoms. The minimum Gasteiger partial charge on any atom is -0.370 e. The fraction of sp³-hybridized carbons (Fsp3) is 0.562. The molecule has 1 aromatic carbocycles. The van der Waals surface area contributed by atoms with Crippen LogP contribution in [0.15, 0.2) is 35.3 Å². The quantitative estimate of drug-likeness (QED) is 0.906. The number of benzene rings is 1. The van der Waals surface area contributed by atoms with Gasteiger partial charge in [0.15, 0.2) is 0 Å². The van der Waals surface area contributed by atoms with Gasteiger partial charge in [0.2, 0.25) is 0 Å². The van der Waals surface area contributed by atoms with Crippen LogP contribution < -0.4 is 10.2 Å². The molecule has 4 nitrogen and oxygen atoms in total. The van der Waals surface area contributed by atoms with Crippen molar-refractivity contribution in [2.75, 3.05) is 37.6 Å². The molecule has 1 aromatic rings.